The average molecular weight is 248 g/mol. The number of rotatable bonds is 2. The Morgan fingerprint density at radius 1 is 1.59 bits per heavy atom. The minimum atomic E-state index is -0.123. The van der Waals surface area contributed by atoms with Crippen LogP contribution in [0.5, 0.6) is 0 Å². The molecule has 0 atom stereocenters. The van der Waals surface area contributed by atoms with Crippen molar-refractivity contribution in [3.8, 4) is 0 Å². The van der Waals surface area contributed by atoms with Gasteiger partial charge in [0.1, 0.15) is 11.5 Å². The molecular weight excluding hydrogens is 236 g/mol. The summed E-state index contributed by atoms with van der Waals surface area (Å²) in [7, 11) is 1.64. The molecule has 1 aliphatic heterocycles. The first-order valence-electron chi connectivity index (χ1n) is 5.10. The van der Waals surface area contributed by atoms with Crippen molar-refractivity contribution in [2.75, 3.05) is 7.05 Å². The smallest absolute Gasteiger partial charge is 0.276 e. The van der Waals surface area contributed by atoms with E-state index in [9.17, 15) is 4.79 Å². The van der Waals surface area contributed by atoms with Crippen LogP contribution in [0.3, 0.4) is 0 Å². The lowest BCUT2D eigenvalue weighted by Gasteiger charge is -2.02. The normalized spacial score (nSPS) is 19.1. The number of thiocarbonyl (C=S) groups is 1. The number of hydrogen-bond acceptors (Lipinski definition) is 3. The molecule has 5 heteroatoms. The summed E-state index contributed by atoms with van der Waals surface area (Å²) in [6.07, 6.45) is 5.21. The van der Waals surface area contributed by atoms with Crippen LogP contribution in [0.15, 0.2) is 40.2 Å². The van der Waals surface area contributed by atoms with Crippen LogP contribution in [-0.4, -0.2) is 23.0 Å². The first-order chi connectivity index (χ1) is 8.08. The average Bonchev–Trinajstić information content (AvgIpc) is 2.85. The molecule has 0 saturated carbocycles. The van der Waals surface area contributed by atoms with Crippen LogP contribution < -0.4 is 5.32 Å². The zero-order valence-corrected chi connectivity index (χ0v) is 10.4. The maximum Gasteiger partial charge on any atom is 0.276 e. The predicted octanol–water partition coefficient (Wildman–Crippen LogP) is 1.91. The first-order valence-corrected chi connectivity index (χ1v) is 5.51. The number of carbonyl (C=O) groups excluding carboxylic acids is 1. The third kappa shape index (κ3) is 2.45. The summed E-state index contributed by atoms with van der Waals surface area (Å²) in [4.78, 5) is 13.1. The summed E-state index contributed by atoms with van der Waals surface area (Å²) in [6, 6.07) is 3.66. The molecule has 0 bridgehead atoms. The molecule has 88 valence electrons. The Balaban J connectivity index is 2.21. The summed E-state index contributed by atoms with van der Waals surface area (Å²) in [5, 5.41) is 3.28. The zero-order chi connectivity index (χ0) is 12.4. The number of nitrogens with zero attached hydrogens (tertiary/aromatic N) is 1. The highest BCUT2D eigenvalue weighted by Gasteiger charge is 2.26. The Labute approximate surface area is 105 Å². The van der Waals surface area contributed by atoms with E-state index in [2.05, 4.69) is 5.32 Å². The van der Waals surface area contributed by atoms with E-state index in [-0.39, 0.29) is 5.91 Å². The largest absolute Gasteiger partial charge is 0.465 e. The fourth-order valence-corrected chi connectivity index (χ4v) is 1.68. The molecule has 2 heterocycles. The highest BCUT2D eigenvalue weighted by molar-refractivity contribution is 7.80. The molecule has 1 saturated heterocycles. The van der Waals surface area contributed by atoms with Crippen LogP contribution in [-0.2, 0) is 4.79 Å². The summed E-state index contributed by atoms with van der Waals surface area (Å²) in [5.41, 5.74) is 1.40. The van der Waals surface area contributed by atoms with E-state index < -0.39 is 0 Å². The van der Waals surface area contributed by atoms with E-state index in [0.717, 1.165) is 11.3 Å². The number of furan rings is 1. The second-order valence-corrected chi connectivity index (χ2v) is 4.14. The van der Waals surface area contributed by atoms with Gasteiger partial charge in [-0.05, 0) is 49.0 Å². The van der Waals surface area contributed by atoms with Crippen molar-refractivity contribution in [3.63, 3.8) is 0 Å². The fraction of sp³-hybridized carbons (Fsp3) is 0.167. The van der Waals surface area contributed by atoms with Crippen LogP contribution in [0.4, 0.5) is 0 Å². The number of amides is 1. The van der Waals surface area contributed by atoms with Gasteiger partial charge in [0.2, 0.25) is 0 Å². The number of likely N-dealkylation sites (N-methyl/N-ethyl adjacent to an activating group) is 1. The molecule has 0 unspecified atom stereocenters. The predicted molar refractivity (Wildman–Crippen MR) is 68.9 cm³/mol. The number of carbonyl (C=O) groups is 1. The molecule has 1 N–H and O–H groups in total. The lowest BCUT2D eigenvalue weighted by Crippen LogP contribution is -2.25. The van der Waals surface area contributed by atoms with E-state index in [1.54, 1.807) is 19.4 Å². The van der Waals surface area contributed by atoms with Crippen molar-refractivity contribution >= 4 is 29.3 Å². The van der Waals surface area contributed by atoms with Gasteiger partial charge in [-0.25, -0.2) is 0 Å². The van der Waals surface area contributed by atoms with Crippen molar-refractivity contribution in [2.24, 2.45) is 0 Å². The molecule has 2 rings (SSSR count). The molecule has 4 nitrogen and oxygen atoms in total. The molecule has 0 spiro atoms. The summed E-state index contributed by atoms with van der Waals surface area (Å²) >= 11 is 4.98. The van der Waals surface area contributed by atoms with Crippen LogP contribution in [0, 0.1) is 0 Å². The molecule has 0 radical (unpaired) electrons. The minimum Gasteiger partial charge on any atom is -0.465 e. The Kier molecular flexibility index (Phi) is 3.10. The van der Waals surface area contributed by atoms with Gasteiger partial charge in [0, 0.05) is 7.05 Å². The Morgan fingerprint density at radius 3 is 2.88 bits per heavy atom. The molecular formula is C12H12N2O2S. The summed E-state index contributed by atoms with van der Waals surface area (Å²) in [6.45, 7) is 1.89. The van der Waals surface area contributed by atoms with Gasteiger partial charge in [-0.15, -0.1) is 0 Å². The van der Waals surface area contributed by atoms with E-state index in [0.29, 0.717) is 10.8 Å². The van der Waals surface area contributed by atoms with Gasteiger partial charge < -0.3 is 9.73 Å². The van der Waals surface area contributed by atoms with Crippen molar-refractivity contribution in [1.29, 1.82) is 0 Å². The van der Waals surface area contributed by atoms with E-state index >= 15 is 0 Å². The van der Waals surface area contributed by atoms with Crippen molar-refractivity contribution in [2.45, 2.75) is 6.92 Å². The van der Waals surface area contributed by atoms with Gasteiger partial charge >= 0.3 is 0 Å². The number of allylic oxidation sites excluding steroid dienone is 2. The maximum absolute atomic E-state index is 11.7. The summed E-state index contributed by atoms with van der Waals surface area (Å²) in [5.74, 6) is 0.628. The Bertz CT molecular complexity index is 515. The lowest BCUT2D eigenvalue weighted by molar-refractivity contribution is -0.121. The van der Waals surface area contributed by atoms with Crippen molar-refractivity contribution < 1.29 is 9.21 Å². The second kappa shape index (κ2) is 4.55. The topological polar surface area (TPSA) is 45.5 Å². The third-order valence-electron chi connectivity index (χ3n) is 2.37. The van der Waals surface area contributed by atoms with Crippen molar-refractivity contribution in [1.82, 2.24) is 10.2 Å². The molecule has 17 heavy (non-hydrogen) atoms. The molecule has 0 aliphatic carbocycles. The highest BCUT2D eigenvalue weighted by atomic mass is 32.1. The van der Waals surface area contributed by atoms with Gasteiger partial charge in [-0.1, -0.05) is 0 Å². The van der Waals surface area contributed by atoms with Crippen LogP contribution in [0.25, 0.3) is 6.08 Å². The minimum absolute atomic E-state index is 0.123. The molecule has 1 aromatic rings. The zero-order valence-electron chi connectivity index (χ0n) is 9.56. The van der Waals surface area contributed by atoms with E-state index in [1.165, 1.54) is 4.90 Å². The quantitative estimate of drug-likeness (QED) is 0.641. The van der Waals surface area contributed by atoms with Gasteiger partial charge in [-0.3, -0.25) is 9.69 Å². The monoisotopic (exact) mass is 248 g/mol. The van der Waals surface area contributed by atoms with Gasteiger partial charge in [0.05, 0.1) is 6.26 Å². The lowest BCUT2D eigenvalue weighted by atomic mass is 10.2. The molecule has 1 amide bonds. The summed E-state index contributed by atoms with van der Waals surface area (Å²) < 4.78 is 5.19. The highest BCUT2D eigenvalue weighted by Crippen LogP contribution is 2.13. The Hall–Kier alpha value is -1.88. The maximum atomic E-state index is 11.7. The van der Waals surface area contributed by atoms with E-state index in [4.69, 9.17) is 16.6 Å². The van der Waals surface area contributed by atoms with Crippen molar-refractivity contribution in [3.05, 3.63) is 41.5 Å². The van der Waals surface area contributed by atoms with Gasteiger partial charge in [0.25, 0.3) is 5.91 Å². The Morgan fingerprint density at radius 2 is 2.35 bits per heavy atom. The number of hydrogen-bond donors (Lipinski definition) is 1. The fourth-order valence-electron chi connectivity index (χ4n) is 1.49. The van der Waals surface area contributed by atoms with E-state index in [1.807, 2.05) is 25.1 Å². The van der Waals surface area contributed by atoms with Crippen LogP contribution in [0.1, 0.15) is 12.7 Å². The SMILES string of the molecule is CC(=C\c1ccco1)/C=C1/NC(=S)N(C)C1=O. The van der Waals surface area contributed by atoms with Gasteiger partial charge in [-0.2, -0.15) is 0 Å². The molecule has 1 fully saturated rings. The third-order valence-corrected chi connectivity index (χ3v) is 2.74. The first kappa shape index (κ1) is 11.6. The van der Waals surface area contributed by atoms with Crippen LogP contribution in [0.2, 0.25) is 0 Å². The second-order valence-electron chi connectivity index (χ2n) is 3.76. The standard InChI is InChI=1S/C12H12N2O2S/c1-8(6-9-4-3-5-16-9)7-10-11(15)14(2)12(17)13-10/h3-7H,1-2H3,(H,13,17)/b8-6+,10-7+. The molecule has 1 aromatic heterocycles. The molecule has 0 aromatic carbocycles. The van der Waals surface area contributed by atoms with Gasteiger partial charge in [0.15, 0.2) is 5.11 Å². The molecule has 1 aliphatic rings. The number of nitrogens with one attached hydrogen (secondary N) is 1. The van der Waals surface area contributed by atoms with Crippen LogP contribution >= 0.6 is 12.2 Å².